The number of fused-ring (bicyclic) bond motifs is 1. The molecular formula is C29H25BrClN5O3S. The van der Waals surface area contributed by atoms with Gasteiger partial charge in [-0.15, -0.1) is 5.10 Å². The second kappa shape index (κ2) is 12.3. The lowest BCUT2D eigenvalue weighted by molar-refractivity contribution is -0.113. The van der Waals surface area contributed by atoms with Gasteiger partial charge in [-0.25, -0.2) is 9.48 Å². The first-order chi connectivity index (χ1) is 19.3. The van der Waals surface area contributed by atoms with E-state index < -0.39 is 12.0 Å². The third-order valence-electron chi connectivity index (χ3n) is 6.18. The van der Waals surface area contributed by atoms with E-state index in [-0.39, 0.29) is 5.91 Å². The Morgan fingerprint density at radius 1 is 1.12 bits per heavy atom. The van der Waals surface area contributed by atoms with Gasteiger partial charge in [0, 0.05) is 26.6 Å². The van der Waals surface area contributed by atoms with Crippen molar-refractivity contribution in [3.8, 4) is 0 Å². The maximum Gasteiger partial charge on any atom is 0.338 e. The molecule has 204 valence electrons. The summed E-state index contributed by atoms with van der Waals surface area (Å²) < 4.78 is 7.68. The van der Waals surface area contributed by atoms with Gasteiger partial charge in [0.25, 0.3) is 5.91 Å². The van der Waals surface area contributed by atoms with Gasteiger partial charge in [-0.05, 0) is 73.5 Å². The van der Waals surface area contributed by atoms with Crippen LogP contribution in [0.1, 0.15) is 41.4 Å². The highest BCUT2D eigenvalue weighted by Crippen LogP contribution is 2.37. The Balaban J connectivity index is 1.43. The number of thioether (sulfide) groups is 1. The van der Waals surface area contributed by atoms with Crippen LogP contribution in [-0.2, 0) is 15.3 Å². The molecule has 0 spiro atoms. The van der Waals surface area contributed by atoms with Crippen molar-refractivity contribution < 1.29 is 14.3 Å². The summed E-state index contributed by atoms with van der Waals surface area (Å²) >= 11 is 11.1. The SMILES string of the molecule is CCOC(=O)c1ccc(NC(=O)C2=C(C)Nc3nc(SCc4ccc(Cl)cc4)nn3[C@H]2c2cccc(Br)c2)cc1. The van der Waals surface area contributed by atoms with Gasteiger partial charge in [-0.3, -0.25) is 4.79 Å². The first-order valence-electron chi connectivity index (χ1n) is 12.5. The summed E-state index contributed by atoms with van der Waals surface area (Å²) in [6.45, 7) is 3.90. The lowest BCUT2D eigenvalue weighted by Crippen LogP contribution is -2.31. The number of esters is 1. The normalized spacial score (nSPS) is 14.3. The molecule has 5 rings (SSSR count). The van der Waals surface area contributed by atoms with E-state index in [9.17, 15) is 9.59 Å². The third kappa shape index (κ3) is 6.24. The molecule has 8 nitrogen and oxygen atoms in total. The van der Waals surface area contributed by atoms with Crippen LogP contribution in [0.5, 0.6) is 0 Å². The number of carbonyl (C=O) groups is 2. The van der Waals surface area contributed by atoms with Crippen molar-refractivity contribution in [2.24, 2.45) is 0 Å². The second-order valence-corrected chi connectivity index (χ2v) is 11.2. The van der Waals surface area contributed by atoms with Crippen molar-refractivity contribution in [1.82, 2.24) is 14.8 Å². The number of rotatable bonds is 8. The molecule has 40 heavy (non-hydrogen) atoms. The predicted octanol–water partition coefficient (Wildman–Crippen LogP) is 7.09. The Morgan fingerprint density at radius 3 is 2.58 bits per heavy atom. The molecule has 0 radical (unpaired) electrons. The quantitative estimate of drug-likeness (QED) is 0.157. The minimum absolute atomic E-state index is 0.292. The van der Waals surface area contributed by atoms with E-state index in [0.717, 1.165) is 15.6 Å². The number of halogens is 2. The number of benzene rings is 3. The van der Waals surface area contributed by atoms with Crippen LogP contribution in [0.2, 0.25) is 5.02 Å². The molecule has 4 aromatic rings. The molecule has 0 aliphatic carbocycles. The van der Waals surface area contributed by atoms with Crippen LogP contribution >= 0.6 is 39.3 Å². The average molecular weight is 639 g/mol. The number of allylic oxidation sites excluding steroid dienone is 1. The van der Waals surface area contributed by atoms with Crippen molar-refractivity contribution in [3.63, 3.8) is 0 Å². The number of hydrogen-bond donors (Lipinski definition) is 2. The summed E-state index contributed by atoms with van der Waals surface area (Å²) in [6.07, 6.45) is 0. The molecule has 0 fully saturated rings. The molecule has 2 heterocycles. The van der Waals surface area contributed by atoms with Gasteiger partial charge in [-0.1, -0.05) is 63.6 Å². The molecule has 0 saturated carbocycles. The van der Waals surface area contributed by atoms with Crippen LogP contribution in [0.3, 0.4) is 0 Å². The summed E-state index contributed by atoms with van der Waals surface area (Å²) in [5.41, 5.74) is 4.10. The largest absolute Gasteiger partial charge is 0.462 e. The Morgan fingerprint density at radius 2 is 1.88 bits per heavy atom. The van der Waals surface area contributed by atoms with E-state index in [2.05, 4.69) is 26.6 Å². The van der Waals surface area contributed by atoms with Crippen molar-refractivity contribution >= 4 is 62.8 Å². The van der Waals surface area contributed by atoms with Crippen LogP contribution in [0, 0.1) is 0 Å². The number of nitrogens with zero attached hydrogens (tertiary/aromatic N) is 3. The van der Waals surface area contributed by atoms with E-state index in [0.29, 0.717) is 51.0 Å². The van der Waals surface area contributed by atoms with E-state index in [4.69, 9.17) is 26.4 Å². The average Bonchev–Trinajstić information content (AvgIpc) is 3.34. The lowest BCUT2D eigenvalue weighted by atomic mass is 9.95. The highest BCUT2D eigenvalue weighted by Gasteiger charge is 2.34. The maximum atomic E-state index is 13.7. The molecule has 1 aliphatic rings. The molecular weight excluding hydrogens is 614 g/mol. The lowest BCUT2D eigenvalue weighted by Gasteiger charge is -2.28. The van der Waals surface area contributed by atoms with E-state index in [1.54, 1.807) is 35.9 Å². The van der Waals surface area contributed by atoms with Crippen molar-refractivity contribution in [2.45, 2.75) is 30.8 Å². The second-order valence-electron chi connectivity index (χ2n) is 8.95. The molecule has 0 unspecified atom stereocenters. The highest BCUT2D eigenvalue weighted by atomic mass is 79.9. The zero-order chi connectivity index (χ0) is 28.2. The third-order valence-corrected chi connectivity index (χ3v) is 7.83. The zero-order valence-electron chi connectivity index (χ0n) is 21.7. The number of anilines is 2. The van der Waals surface area contributed by atoms with Crippen molar-refractivity contribution in [1.29, 1.82) is 0 Å². The molecule has 0 saturated heterocycles. The number of hydrogen-bond acceptors (Lipinski definition) is 7. The smallest absolute Gasteiger partial charge is 0.338 e. The summed E-state index contributed by atoms with van der Waals surface area (Å²) in [7, 11) is 0. The van der Waals surface area contributed by atoms with Gasteiger partial charge >= 0.3 is 5.97 Å². The molecule has 1 atom stereocenters. The number of carbonyl (C=O) groups excluding carboxylic acids is 2. The monoisotopic (exact) mass is 637 g/mol. The van der Waals surface area contributed by atoms with Gasteiger partial charge in [0.1, 0.15) is 6.04 Å². The van der Waals surface area contributed by atoms with Crippen molar-refractivity contribution in [3.05, 3.63) is 110 Å². The minimum atomic E-state index is -0.523. The first-order valence-corrected chi connectivity index (χ1v) is 14.6. The summed E-state index contributed by atoms with van der Waals surface area (Å²) in [4.78, 5) is 30.4. The van der Waals surface area contributed by atoms with Crippen LogP contribution in [0.15, 0.2) is 93.7 Å². The Hall–Kier alpha value is -3.60. The van der Waals surface area contributed by atoms with Crippen LogP contribution < -0.4 is 10.6 Å². The number of amides is 1. The Bertz CT molecular complexity index is 1590. The molecule has 11 heteroatoms. The van der Waals surface area contributed by atoms with Crippen molar-refractivity contribution in [2.75, 3.05) is 17.2 Å². The van der Waals surface area contributed by atoms with Gasteiger partial charge in [0.2, 0.25) is 11.1 Å². The molecule has 0 bridgehead atoms. The van der Waals surface area contributed by atoms with Crippen LogP contribution in [0.25, 0.3) is 0 Å². The van der Waals surface area contributed by atoms with Crippen LogP contribution in [0.4, 0.5) is 11.6 Å². The van der Waals surface area contributed by atoms with Gasteiger partial charge < -0.3 is 15.4 Å². The summed E-state index contributed by atoms with van der Waals surface area (Å²) in [6, 6.07) is 21.5. The first kappa shape index (κ1) is 27.9. The topological polar surface area (TPSA) is 98.1 Å². The number of nitrogens with one attached hydrogen (secondary N) is 2. The van der Waals surface area contributed by atoms with Crippen LogP contribution in [-0.4, -0.2) is 33.2 Å². The van der Waals surface area contributed by atoms with E-state index in [1.165, 1.54) is 11.8 Å². The fraction of sp³-hybridized carbons (Fsp3) is 0.172. The Kier molecular flexibility index (Phi) is 8.58. The minimum Gasteiger partial charge on any atom is -0.462 e. The van der Waals surface area contributed by atoms with Gasteiger partial charge in [0.15, 0.2) is 0 Å². The predicted molar refractivity (Wildman–Crippen MR) is 161 cm³/mol. The summed E-state index contributed by atoms with van der Waals surface area (Å²) in [5, 5.41) is 12.3. The molecule has 1 aliphatic heterocycles. The molecule has 3 aromatic carbocycles. The van der Waals surface area contributed by atoms with E-state index >= 15 is 0 Å². The van der Waals surface area contributed by atoms with Gasteiger partial charge in [0.05, 0.1) is 17.7 Å². The number of aromatic nitrogens is 3. The summed E-state index contributed by atoms with van der Waals surface area (Å²) in [5.74, 6) is 0.518. The van der Waals surface area contributed by atoms with Gasteiger partial charge in [-0.2, -0.15) is 4.98 Å². The fourth-order valence-corrected chi connectivity index (χ4v) is 5.63. The number of ether oxygens (including phenoxy) is 1. The Labute approximate surface area is 249 Å². The molecule has 1 amide bonds. The molecule has 1 aromatic heterocycles. The zero-order valence-corrected chi connectivity index (χ0v) is 24.8. The standard InChI is InChI=1S/C29H25BrClN5O3S/c1-3-39-27(38)19-9-13-23(14-10-19)33-26(37)24-17(2)32-28-34-29(40-16-18-7-11-22(31)12-8-18)35-36(28)25(24)20-5-4-6-21(30)15-20/h4-15,25H,3,16H2,1-2H3,(H,33,37)(H,32,34,35)/t25-/m0/s1. The maximum absolute atomic E-state index is 13.7. The fourth-order valence-electron chi connectivity index (χ4n) is 4.30. The van der Waals surface area contributed by atoms with E-state index in [1.807, 2.05) is 55.5 Å². The highest BCUT2D eigenvalue weighted by molar-refractivity contribution is 9.10. The molecule has 2 N–H and O–H groups in total.